The van der Waals surface area contributed by atoms with E-state index in [0.29, 0.717) is 0 Å². The van der Waals surface area contributed by atoms with E-state index in [2.05, 4.69) is 15.4 Å². The minimum atomic E-state index is -3.83. The molecule has 0 radical (unpaired) electrons. The van der Waals surface area contributed by atoms with Gasteiger partial charge < -0.3 is 15.4 Å². The zero-order valence-corrected chi connectivity index (χ0v) is 16.8. The van der Waals surface area contributed by atoms with Crippen LogP contribution in [0.15, 0.2) is 0 Å². The topological polar surface area (TPSA) is 95.1 Å². The van der Waals surface area contributed by atoms with Crippen LogP contribution in [0.2, 0.25) is 0 Å². The number of hydrogen-bond acceptors (Lipinski definition) is 7. The predicted molar refractivity (Wildman–Crippen MR) is 92.9 cm³/mol. The summed E-state index contributed by atoms with van der Waals surface area (Å²) in [5, 5.41) is 5.46. The Labute approximate surface area is 145 Å². The molecule has 24 heavy (non-hydrogen) atoms. The first-order valence-electron chi connectivity index (χ1n) is 8.08. The minimum absolute atomic E-state index is 0.525. The van der Waals surface area contributed by atoms with Crippen LogP contribution in [-0.4, -0.2) is 44.2 Å². The van der Waals surface area contributed by atoms with Crippen LogP contribution in [0, 0.1) is 0 Å². The number of ether oxygens (including phenoxy) is 1. The summed E-state index contributed by atoms with van der Waals surface area (Å²) in [6.07, 6.45) is 2.08. The number of nitrogens with one attached hydrogen (secondary N) is 2. The second-order valence-corrected chi connectivity index (χ2v) is 8.76. The SMILES string of the molecule is C1CCNC1.CNC(=O)OCOP(=O)(OC(C)(C)C)OC(C)(C)C. The van der Waals surface area contributed by atoms with Crippen molar-refractivity contribution in [2.75, 3.05) is 26.9 Å². The molecule has 0 spiro atoms. The Morgan fingerprint density at radius 3 is 1.79 bits per heavy atom. The summed E-state index contributed by atoms with van der Waals surface area (Å²) >= 11 is 0. The molecule has 8 nitrogen and oxygen atoms in total. The number of rotatable bonds is 5. The summed E-state index contributed by atoms with van der Waals surface area (Å²) in [4.78, 5) is 10.9. The van der Waals surface area contributed by atoms with E-state index < -0.39 is 31.9 Å². The molecule has 0 aromatic heterocycles. The van der Waals surface area contributed by atoms with E-state index in [4.69, 9.17) is 13.6 Å². The summed E-state index contributed by atoms with van der Waals surface area (Å²) in [6, 6.07) is 0. The Hall–Kier alpha value is -0.660. The number of amides is 1. The Kier molecular flexibility index (Phi) is 10.1. The Morgan fingerprint density at radius 1 is 1.04 bits per heavy atom. The number of hydrogen-bond donors (Lipinski definition) is 2. The summed E-state index contributed by atoms with van der Waals surface area (Å²) in [5.74, 6) is 0. The first-order valence-corrected chi connectivity index (χ1v) is 9.54. The summed E-state index contributed by atoms with van der Waals surface area (Å²) in [5.41, 5.74) is -1.46. The van der Waals surface area contributed by atoms with Crippen LogP contribution in [0.3, 0.4) is 0 Å². The molecular weight excluding hydrogens is 335 g/mol. The highest BCUT2D eigenvalue weighted by Gasteiger charge is 2.37. The molecule has 1 aliphatic heterocycles. The lowest BCUT2D eigenvalue weighted by Gasteiger charge is -2.30. The molecule has 0 saturated carbocycles. The van der Waals surface area contributed by atoms with Crippen LogP contribution < -0.4 is 10.6 Å². The third-order valence-electron chi connectivity index (χ3n) is 2.33. The highest BCUT2D eigenvalue weighted by molar-refractivity contribution is 7.48. The van der Waals surface area contributed by atoms with Crippen LogP contribution in [0.25, 0.3) is 0 Å². The first kappa shape index (κ1) is 23.3. The van der Waals surface area contributed by atoms with Crippen molar-refractivity contribution in [3.05, 3.63) is 0 Å². The molecule has 0 unspecified atom stereocenters. The van der Waals surface area contributed by atoms with Crippen molar-refractivity contribution in [2.45, 2.75) is 65.6 Å². The van der Waals surface area contributed by atoms with Gasteiger partial charge in [0.25, 0.3) is 0 Å². The largest absolute Gasteiger partial charge is 0.478 e. The van der Waals surface area contributed by atoms with E-state index in [0.717, 1.165) is 0 Å². The molecule has 1 fully saturated rings. The van der Waals surface area contributed by atoms with Gasteiger partial charge in [0.2, 0.25) is 6.79 Å². The molecule has 1 rings (SSSR count). The van der Waals surface area contributed by atoms with Crippen LogP contribution in [0.1, 0.15) is 54.4 Å². The fourth-order valence-corrected chi connectivity index (χ4v) is 3.25. The standard InChI is InChI=1S/C11H24NO6P.C4H9N/c1-10(2,3)17-19(14,18-11(4,5)6)16-8-15-9(13)12-7;1-2-4-5-3-1/h8H2,1-7H3,(H,12,13);5H,1-4H2. The predicted octanol–water partition coefficient (Wildman–Crippen LogP) is 3.42. The van der Waals surface area contributed by atoms with Gasteiger partial charge in [0.15, 0.2) is 0 Å². The van der Waals surface area contributed by atoms with Crippen molar-refractivity contribution in [3.8, 4) is 0 Å². The molecular formula is C15H33N2O6P. The fraction of sp³-hybridized carbons (Fsp3) is 0.933. The van der Waals surface area contributed by atoms with Gasteiger partial charge in [0.05, 0.1) is 11.2 Å². The van der Waals surface area contributed by atoms with Crippen molar-refractivity contribution in [2.24, 2.45) is 0 Å². The third kappa shape index (κ3) is 13.7. The van der Waals surface area contributed by atoms with Crippen LogP contribution in [-0.2, 0) is 22.9 Å². The van der Waals surface area contributed by atoms with Gasteiger partial charge in [-0.1, -0.05) is 0 Å². The molecule has 144 valence electrons. The smallest absolute Gasteiger partial charge is 0.422 e. The highest BCUT2D eigenvalue weighted by atomic mass is 31.2. The average molecular weight is 368 g/mol. The molecule has 1 heterocycles. The Balaban J connectivity index is 0.000000889. The first-order chi connectivity index (χ1) is 10.9. The molecule has 2 N–H and O–H groups in total. The Bertz CT molecular complexity index is 386. The van der Waals surface area contributed by atoms with Crippen molar-refractivity contribution in [3.63, 3.8) is 0 Å². The van der Waals surface area contributed by atoms with Crippen molar-refractivity contribution in [1.29, 1.82) is 0 Å². The maximum atomic E-state index is 12.4. The van der Waals surface area contributed by atoms with Gasteiger partial charge in [-0.05, 0) is 67.5 Å². The van der Waals surface area contributed by atoms with Gasteiger partial charge in [-0.3, -0.25) is 9.05 Å². The van der Waals surface area contributed by atoms with Gasteiger partial charge >= 0.3 is 13.9 Å². The lowest BCUT2D eigenvalue weighted by atomic mass is 10.2. The lowest BCUT2D eigenvalue weighted by molar-refractivity contribution is -0.0283. The molecule has 9 heteroatoms. The zero-order valence-electron chi connectivity index (χ0n) is 15.9. The van der Waals surface area contributed by atoms with Crippen LogP contribution in [0.5, 0.6) is 0 Å². The fourth-order valence-electron chi connectivity index (χ4n) is 1.58. The second-order valence-electron chi connectivity index (χ2n) is 7.24. The van der Waals surface area contributed by atoms with Gasteiger partial charge in [0, 0.05) is 7.05 Å². The van der Waals surface area contributed by atoms with Crippen molar-refractivity contribution in [1.82, 2.24) is 10.6 Å². The molecule has 0 bridgehead atoms. The normalized spacial score (nSPS) is 15.5. The molecule has 1 saturated heterocycles. The number of phosphoric acid groups is 1. The molecule has 0 aromatic carbocycles. The van der Waals surface area contributed by atoms with Gasteiger partial charge in [-0.2, -0.15) is 0 Å². The number of carbonyl (C=O) groups is 1. The molecule has 1 amide bonds. The van der Waals surface area contributed by atoms with E-state index in [9.17, 15) is 9.36 Å². The van der Waals surface area contributed by atoms with Gasteiger partial charge in [-0.15, -0.1) is 0 Å². The monoisotopic (exact) mass is 368 g/mol. The molecule has 0 aliphatic carbocycles. The quantitative estimate of drug-likeness (QED) is 0.567. The van der Waals surface area contributed by atoms with Gasteiger partial charge in [-0.25, -0.2) is 13.9 Å². The van der Waals surface area contributed by atoms with E-state index in [1.54, 1.807) is 41.5 Å². The molecule has 0 aromatic rings. The van der Waals surface area contributed by atoms with E-state index in [-0.39, 0.29) is 0 Å². The van der Waals surface area contributed by atoms with E-state index in [1.165, 1.54) is 33.0 Å². The number of alkyl carbamates (subject to hydrolysis) is 1. The maximum absolute atomic E-state index is 12.4. The van der Waals surface area contributed by atoms with E-state index >= 15 is 0 Å². The summed E-state index contributed by atoms with van der Waals surface area (Å²) in [7, 11) is -2.43. The van der Waals surface area contributed by atoms with Crippen molar-refractivity contribution >= 4 is 13.9 Å². The van der Waals surface area contributed by atoms with Gasteiger partial charge in [0.1, 0.15) is 0 Å². The summed E-state index contributed by atoms with van der Waals surface area (Å²) in [6.45, 7) is 12.3. The zero-order chi connectivity index (χ0) is 18.9. The number of carbonyl (C=O) groups excluding carboxylic acids is 1. The van der Waals surface area contributed by atoms with Crippen LogP contribution >= 0.6 is 7.82 Å². The minimum Gasteiger partial charge on any atom is -0.422 e. The van der Waals surface area contributed by atoms with Crippen molar-refractivity contribution < 1.29 is 27.7 Å². The molecule has 1 aliphatic rings. The van der Waals surface area contributed by atoms with Crippen LogP contribution in [0.4, 0.5) is 4.79 Å². The van der Waals surface area contributed by atoms with E-state index in [1.807, 2.05) is 0 Å². The third-order valence-corrected chi connectivity index (χ3v) is 4.30. The molecule has 0 atom stereocenters. The lowest BCUT2D eigenvalue weighted by Crippen LogP contribution is -2.26. The maximum Gasteiger partial charge on any atom is 0.478 e. The second kappa shape index (κ2) is 10.4. The number of phosphoric ester groups is 1. The summed E-state index contributed by atoms with van der Waals surface area (Å²) < 4.78 is 32.7. The Morgan fingerprint density at radius 2 is 1.50 bits per heavy atom. The average Bonchev–Trinajstić information content (AvgIpc) is 2.92. The highest BCUT2D eigenvalue weighted by Crippen LogP contribution is 2.55.